The molecule has 3 aromatic rings. The monoisotopic (exact) mass is 537 g/mol. The molecule has 0 radical (unpaired) electrons. The van der Waals surface area contributed by atoms with Gasteiger partial charge in [0.1, 0.15) is 0 Å². The Hall–Kier alpha value is -3.72. The molecule has 8 nitrogen and oxygen atoms in total. The minimum absolute atomic E-state index is 0.0126. The number of sulfonamides is 1. The van der Waals surface area contributed by atoms with Crippen molar-refractivity contribution in [2.45, 2.75) is 44.2 Å². The standard InChI is InChI=1S/C29H35N3O5S/c1-20-6-13-26(14-7-20)38(34,35)30-24-9-11-25(12-10-24)31-18-22(3)32(19-21(31)2)29(33)17-23-8-15-27(36-4)28(16-23)37-5/h6-16,21-22,30H,17-19H2,1-5H3/t21-,22+/m1/s1. The molecule has 0 aromatic heterocycles. The van der Waals surface area contributed by atoms with Gasteiger partial charge in [0.15, 0.2) is 11.5 Å². The second-order valence-corrected chi connectivity index (χ2v) is 11.4. The fourth-order valence-corrected chi connectivity index (χ4v) is 5.81. The van der Waals surface area contributed by atoms with Gasteiger partial charge in [-0.15, -0.1) is 0 Å². The van der Waals surface area contributed by atoms with E-state index in [1.54, 1.807) is 50.6 Å². The molecule has 2 atom stereocenters. The summed E-state index contributed by atoms with van der Waals surface area (Å²) in [7, 11) is -0.494. The second-order valence-electron chi connectivity index (χ2n) is 9.73. The van der Waals surface area contributed by atoms with Gasteiger partial charge in [-0.2, -0.15) is 0 Å². The fourth-order valence-electron chi connectivity index (χ4n) is 4.75. The van der Waals surface area contributed by atoms with Crippen LogP contribution in [0.1, 0.15) is 25.0 Å². The van der Waals surface area contributed by atoms with Gasteiger partial charge in [-0.05, 0) is 74.9 Å². The molecule has 1 saturated heterocycles. The molecule has 4 rings (SSSR count). The van der Waals surface area contributed by atoms with Crippen molar-refractivity contribution in [1.82, 2.24) is 4.90 Å². The largest absolute Gasteiger partial charge is 0.493 e. The van der Waals surface area contributed by atoms with E-state index in [0.29, 0.717) is 30.3 Å². The van der Waals surface area contributed by atoms with Gasteiger partial charge >= 0.3 is 0 Å². The zero-order chi connectivity index (χ0) is 27.4. The minimum atomic E-state index is -3.66. The second kappa shape index (κ2) is 11.3. The molecule has 1 fully saturated rings. The van der Waals surface area contributed by atoms with Crippen LogP contribution in [-0.4, -0.2) is 58.6 Å². The van der Waals surface area contributed by atoms with Crippen LogP contribution in [0.15, 0.2) is 71.6 Å². The molecule has 9 heteroatoms. The van der Waals surface area contributed by atoms with Crippen molar-refractivity contribution in [2.75, 3.05) is 36.9 Å². The van der Waals surface area contributed by atoms with E-state index in [1.807, 2.05) is 42.2 Å². The number of ether oxygens (including phenoxy) is 2. The van der Waals surface area contributed by atoms with E-state index < -0.39 is 10.0 Å². The molecule has 1 N–H and O–H groups in total. The molecule has 0 aliphatic carbocycles. The van der Waals surface area contributed by atoms with Crippen molar-refractivity contribution >= 4 is 27.3 Å². The van der Waals surface area contributed by atoms with Gasteiger partial charge in [-0.25, -0.2) is 8.42 Å². The summed E-state index contributed by atoms with van der Waals surface area (Å²) in [6.07, 6.45) is 0.285. The van der Waals surface area contributed by atoms with Crippen LogP contribution in [0.25, 0.3) is 0 Å². The van der Waals surface area contributed by atoms with Gasteiger partial charge < -0.3 is 19.3 Å². The van der Waals surface area contributed by atoms with Crippen molar-refractivity contribution in [1.29, 1.82) is 0 Å². The Balaban J connectivity index is 1.40. The minimum Gasteiger partial charge on any atom is -0.493 e. The highest BCUT2D eigenvalue weighted by Crippen LogP contribution is 2.29. The van der Waals surface area contributed by atoms with Crippen LogP contribution in [0.3, 0.4) is 0 Å². The van der Waals surface area contributed by atoms with E-state index in [2.05, 4.69) is 23.5 Å². The number of carbonyl (C=O) groups excluding carboxylic acids is 1. The number of methoxy groups -OCH3 is 2. The quantitative estimate of drug-likeness (QED) is 0.456. The highest BCUT2D eigenvalue weighted by atomic mass is 32.2. The highest BCUT2D eigenvalue weighted by molar-refractivity contribution is 7.92. The van der Waals surface area contributed by atoms with Gasteiger partial charge in [0.25, 0.3) is 10.0 Å². The number of benzene rings is 3. The van der Waals surface area contributed by atoms with Crippen LogP contribution in [0.5, 0.6) is 11.5 Å². The van der Waals surface area contributed by atoms with E-state index in [-0.39, 0.29) is 29.3 Å². The number of anilines is 2. The van der Waals surface area contributed by atoms with E-state index in [9.17, 15) is 13.2 Å². The number of amides is 1. The number of carbonyl (C=O) groups is 1. The summed E-state index contributed by atoms with van der Waals surface area (Å²) >= 11 is 0. The van der Waals surface area contributed by atoms with Crippen LogP contribution in [-0.2, 0) is 21.2 Å². The summed E-state index contributed by atoms with van der Waals surface area (Å²) in [5.74, 6) is 1.30. The zero-order valence-electron chi connectivity index (χ0n) is 22.5. The molecule has 3 aromatic carbocycles. The Kier molecular flexibility index (Phi) is 8.16. The number of nitrogens with one attached hydrogen (secondary N) is 1. The smallest absolute Gasteiger partial charge is 0.261 e. The molecule has 0 saturated carbocycles. The van der Waals surface area contributed by atoms with E-state index in [4.69, 9.17) is 9.47 Å². The van der Waals surface area contributed by atoms with Crippen molar-refractivity contribution in [2.24, 2.45) is 0 Å². The van der Waals surface area contributed by atoms with Gasteiger partial charge in [0.2, 0.25) is 5.91 Å². The first-order valence-corrected chi connectivity index (χ1v) is 14.1. The third kappa shape index (κ3) is 6.05. The number of piperazine rings is 1. The molecule has 0 bridgehead atoms. The van der Waals surface area contributed by atoms with E-state index in [0.717, 1.165) is 16.8 Å². The maximum Gasteiger partial charge on any atom is 0.261 e. The number of rotatable bonds is 8. The first kappa shape index (κ1) is 27.3. The van der Waals surface area contributed by atoms with E-state index in [1.165, 1.54) is 0 Å². The van der Waals surface area contributed by atoms with Crippen LogP contribution in [0.2, 0.25) is 0 Å². The fraction of sp³-hybridized carbons (Fsp3) is 0.345. The zero-order valence-corrected chi connectivity index (χ0v) is 23.3. The maximum absolute atomic E-state index is 13.2. The molecule has 1 aliphatic rings. The molecule has 1 heterocycles. The normalized spacial score (nSPS) is 17.7. The van der Waals surface area contributed by atoms with Crippen molar-refractivity contribution < 1.29 is 22.7 Å². The lowest BCUT2D eigenvalue weighted by Gasteiger charge is -2.45. The lowest BCUT2D eigenvalue weighted by molar-refractivity contribution is -0.133. The van der Waals surface area contributed by atoms with Gasteiger partial charge in [0.05, 0.1) is 25.5 Å². The Morgan fingerprint density at radius 2 is 1.55 bits per heavy atom. The molecule has 1 amide bonds. The first-order valence-electron chi connectivity index (χ1n) is 12.6. The SMILES string of the molecule is COc1ccc(CC(=O)N2C[C@@H](C)N(c3ccc(NS(=O)(=O)c4ccc(C)cc4)cc3)C[C@@H]2C)cc1OC. The van der Waals surface area contributed by atoms with Crippen LogP contribution >= 0.6 is 0 Å². The topological polar surface area (TPSA) is 88.2 Å². The summed E-state index contributed by atoms with van der Waals surface area (Å²) < 4.78 is 38.8. The Morgan fingerprint density at radius 3 is 2.18 bits per heavy atom. The molecule has 0 unspecified atom stereocenters. The predicted molar refractivity (Wildman–Crippen MR) is 150 cm³/mol. The van der Waals surface area contributed by atoms with Crippen molar-refractivity contribution in [3.05, 3.63) is 77.9 Å². The first-order chi connectivity index (χ1) is 18.1. The third-order valence-corrected chi connectivity index (χ3v) is 8.29. The molecule has 0 spiro atoms. The molecular weight excluding hydrogens is 502 g/mol. The average Bonchev–Trinajstić information content (AvgIpc) is 2.90. The summed E-state index contributed by atoms with van der Waals surface area (Å²) in [5.41, 5.74) is 3.35. The number of nitrogens with zero attached hydrogens (tertiary/aromatic N) is 2. The molecule has 202 valence electrons. The molecule has 38 heavy (non-hydrogen) atoms. The van der Waals surface area contributed by atoms with E-state index >= 15 is 0 Å². The Bertz CT molecular complexity index is 1370. The van der Waals surface area contributed by atoms with Gasteiger partial charge in [0, 0.05) is 36.5 Å². The Morgan fingerprint density at radius 1 is 0.895 bits per heavy atom. The van der Waals surface area contributed by atoms with Gasteiger partial charge in [-0.3, -0.25) is 9.52 Å². The van der Waals surface area contributed by atoms with Crippen LogP contribution < -0.4 is 19.1 Å². The number of aryl methyl sites for hydroxylation is 1. The average molecular weight is 538 g/mol. The number of hydrogen-bond acceptors (Lipinski definition) is 6. The van der Waals surface area contributed by atoms with Crippen molar-refractivity contribution in [3.8, 4) is 11.5 Å². The Labute approximate surface area is 225 Å². The lowest BCUT2D eigenvalue weighted by Crippen LogP contribution is -2.58. The molecular formula is C29H35N3O5S. The van der Waals surface area contributed by atoms with Crippen molar-refractivity contribution in [3.63, 3.8) is 0 Å². The highest BCUT2D eigenvalue weighted by Gasteiger charge is 2.32. The summed E-state index contributed by atoms with van der Waals surface area (Å²) in [6, 6.07) is 19.8. The number of hydrogen-bond donors (Lipinski definition) is 1. The predicted octanol–water partition coefficient (Wildman–Crippen LogP) is 4.48. The van der Waals surface area contributed by atoms with Gasteiger partial charge in [-0.1, -0.05) is 23.8 Å². The molecule has 1 aliphatic heterocycles. The summed E-state index contributed by atoms with van der Waals surface area (Å²) in [5, 5.41) is 0. The van der Waals surface area contributed by atoms with Crippen LogP contribution in [0, 0.1) is 6.92 Å². The van der Waals surface area contributed by atoms with Crippen LogP contribution in [0.4, 0.5) is 11.4 Å². The third-order valence-electron chi connectivity index (χ3n) is 6.89. The summed E-state index contributed by atoms with van der Waals surface area (Å²) in [6.45, 7) is 7.33. The lowest BCUT2D eigenvalue weighted by atomic mass is 10.0. The summed E-state index contributed by atoms with van der Waals surface area (Å²) in [4.78, 5) is 17.6. The maximum atomic E-state index is 13.2.